The second-order valence-corrected chi connectivity index (χ2v) is 5.59. The van der Waals surface area contributed by atoms with E-state index in [4.69, 9.17) is 9.47 Å². The maximum Gasteiger partial charge on any atom is 0.412 e. The van der Waals surface area contributed by atoms with Gasteiger partial charge < -0.3 is 14.2 Å². The molecule has 7 nitrogen and oxygen atoms in total. The molecule has 1 aromatic carbocycles. The molecule has 0 bridgehead atoms. The molecular weight excluding hydrogens is 302 g/mol. The van der Waals surface area contributed by atoms with Crippen molar-refractivity contribution in [2.24, 2.45) is 0 Å². The van der Waals surface area contributed by atoms with Crippen molar-refractivity contribution >= 4 is 23.5 Å². The topological polar surface area (TPSA) is 90.9 Å². The number of esters is 1. The lowest BCUT2D eigenvalue weighted by Gasteiger charge is -2.20. The SMILES string of the molecule is CCOC(=O)C(=O)c1ccc(OC)c(NC(=O)OC(C)(C)C)c1. The number of rotatable bonds is 5. The number of benzene rings is 1. The minimum atomic E-state index is -0.958. The molecular formula is C16H21NO6. The van der Waals surface area contributed by atoms with Crippen LogP contribution in [0, 0.1) is 0 Å². The number of Topliss-reactive ketones (excluding diaryl/α,β-unsaturated/α-hetero) is 1. The first-order valence-corrected chi connectivity index (χ1v) is 7.07. The maximum atomic E-state index is 11.9. The summed E-state index contributed by atoms with van der Waals surface area (Å²) in [5, 5.41) is 2.49. The number of amides is 1. The van der Waals surface area contributed by atoms with Crippen molar-refractivity contribution in [2.75, 3.05) is 19.0 Å². The van der Waals surface area contributed by atoms with Crippen LogP contribution < -0.4 is 10.1 Å². The number of methoxy groups -OCH3 is 1. The standard InChI is InChI=1S/C16H21NO6/c1-6-22-14(19)13(18)10-7-8-12(21-5)11(9-10)17-15(20)23-16(2,3)4/h7-9H,6H2,1-5H3,(H,17,20). The fraction of sp³-hybridized carbons (Fsp3) is 0.438. The van der Waals surface area contributed by atoms with Gasteiger partial charge in [-0.15, -0.1) is 0 Å². The molecule has 0 heterocycles. The number of carbonyl (C=O) groups excluding carboxylic acids is 3. The van der Waals surface area contributed by atoms with Crippen molar-refractivity contribution < 1.29 is 28.6 Å². The van der Waals surface area contributed by atoms with Crippen molar-refractivity contribution in [3.8, 4) is 5.75 Å². The van der Waals surface area contributed by atoms with Gasteiger partial charge in [-0.1, -0.05) is 0 Å². The van der Waals surface area contributed by atoms with Crippen LogP contribution in [0.15, 0.2) is 18.2 Å². The molecule has 1 N–H and O–H groups in total. The molecule has 7 heteroatoms. The minimum Gasteiger partial charge on any atom is -0.495 e. The molecule has 0 atom stereocenters. The molecule has 0 saturated heterocycles. The first-order chi connectivity index (χ1) is 10.7. The Bertz CT molecular complexity index is 603. The third-order valence-electron chi connectivity index (χ3n) is 2.56. The van der Waals surface area contributed by atoms with Crippen LogP contribution >= 0.6 is 0 Å². The van der Waals surface area contributed by atoms with E-state index >= 15 is 0 Å². The van der Waals surface area contributed by atoms with E-state index in [1.165, 1.54) is 25.3 Å². The van der Waals surface area contributed by atoms with E-state index in [1.807, 2.05) is 0 Å². The van der Waals surface area contributed by atoms with Crippen molar-refractivity contribution in [3.05, 3.63) is 23.8 Å². The molecule has 0 saturated carbocycles. The van der Waals surface area contributed by atoms with E-state index in [0.717, 1.165) is 0 Å². The van der Waals surface area contributed by atoms with Gasteiger partial charge in [0.1, 0.15) is 11.4 Å². The van der Waals surface area contributed by atoms with Gasteiger partial charge in [0, 0.05) is 5.56 Å². The molecule has 0 aromatic heterocycles. The summed E-state index contributed by atoms with van der Waals surface area (Å²) in [6, 6.07) is 4.22. The Hall–Kier alpha value is -2.57. The molecule has 0 fully saturated rings. The van der Waals surface area contributed by atoms with Gasteiger partial charge in [0.05, 0.1) is 19.4 Å². The van der Waals surface area contributed by atoms with Crippen LogP contribution in [0.1, 0.15) is 38.1 Å². The molecule has 0 aliphatic rings. The normalized spacial score (nSPS) is 10.7. The van der Waals surface area contributed by atoms with Crippen molar-refractivity contribution in [3.63, 3.8) is 0 Å². The second kappa shape index (κ2) is 7.62. The lowest BCUT2D eigenvalue weighted by atomic mass is 10.1. The Morgan fingerprint density at radius 3 is 2.35 bits per heavy atom. The average Bonchev–Trinajstić information content (AvgIpc) is 2.44. The monoisotopic (exact) mass is 323 g/mol. The van der Waals surface area contributed by atoms with Crippen LogP contribution in [0.4, 0.5) is 10.5 Å². The summed E-state index contributed by atoms with van der Waals surface area (Å²) in [5.74, 6) is -1.43. The highest BCUT2D eigenvalue weighted by molar-refractivity contribution is 6.40. The van der Waals surface area contributed by atoms with Gasteiger partial charge in [0.2, 0.25) is 0 Å². The summed E-state index contributed by atoms with van der Waals surface area (Å²) in [4.78, 5) is 35.3. The maximum absolute atomic E-state index is 11.9. The Labute approximate surface area is 134 Å². The van der Waals surface area contributed by atoms with Gasteiger partial charge in [-0.3, -0.25) is 10.1 Å². The Morgan fingerprint density at radius 1 is 1.17 bits per heavy atom. The molecule has 1 aromatic rings. The van der Waals surface area contributed by atoms with Crippen LogP contribution in [0.3, 0.4) is 0 Å². The zero-order chi connectivity index (χ0) is 17.6. The van der Waals surface area contributed by atoms with Crippen LogP contribution in [-0.4, -0.2) is 37.2 Å². The second-order valence-electron chi connectivity index (χ2n) is 5.59. The summed E-state index contributed by atoms with van der Waals surface area (Å²) < 4.78 is 14.9. The van der Waals surface area contributed by atoms with E-state index < -0.39 is 23.4 Å². The van der Waals surface area contributed by atoms with Crippen LogP contribution in [0.5, 0.6) is 5.75 Å². The number of hydrogen-bond acceptors (Lipinski definition) is 6. The summed E-state index contributed by atoms with van der Waals surface area (Å²) in [5.41, 5.74) is -0.373. The molecule has 0 aliphatic carbocycles. The van der Waals surface area contributed by atoms with E-state index in [9.17, 15) is 14.4 Å². The van der Waals surface area contributed by atoms with Gasteiger partial charge in [0.25, 0.3) is 5.78 Å². The molecule has 23 heavy (non-hydrogen) atoms. The molecule has 0 spiro atoms. The molecule has 1 amide bonds. The van der Waals surface area contributed by atoms with E-state index in [0.29, 0.717) is 5.75 Å². The van der Waals surface area contributed by atoms with Gasteiger partial charge >= 0.3 is 12.1 Å². The van der Waals surface area contributed by atoms with Crippen molar-refractivity contribution in [1.82, 2.24) is 0 Å². The lowest BCUT2D eigenvalue weighted by molar-refractivity contribution is -0.137. The minimum absolute atomic E-state index is 0.0790. The fourth-order valence-corrected chi connectivity index (χ4v) is 1.67. The highest BCUT2D eigenvalue weighted by Gasteiger charge is 2.21. The zero-order valence-corrected chi connectivity index (χ0v) is 13.9. The number of ketones is 1. The summed E-state index contributed by atoms with van der Waals surface area (Å²) >= 11 is 0. The molecule has 0 radical (unpaired) electrons. The largest absolute Gasteiger partial charge is 0.495 e. The predicted octanol–water partition coefficient (Wildman–Crippen LogP) is 2.79. The van der Waals surface area contributed by atoms with Gasteiger partial charge in [-0.25, -0.2) is 9.59 Å². The van der Waals surface area contributed by atoms with Crippen LogP contribution in [0.25, 0.3) is 0 Å². The van der Waals surface area contributed by atoms with Gasteiger partial charge in [0.15, 0.2) is 0 Å². The fourth-order valence-electron chi connectivity index (χ4n) is 1.67. The molecule has 1 rings (SSSR count). The predicted molar refractivity (Wildman–Crippen MR) is 83.8 cm³/mol. The van der Waals surface area contributed by atoms with Crippen LogP contribution in [-0.2, 0) is 14.3 Å². The first-order valence-electron chi connectivity index (χ1n) is 7.07. The molecule has 0 aliphatic heterocycles. The Balaban J connectivity index is 3.02. The summed E-state index contributed by atoms with van der Waals surface area (Å²) in [7, 11) is 1.42. The lowest BCUT2D eigenvalue weighted by Crippen LogP contribution is -2.27. The van der Waals surface area contributed by atoms with Crippen molar-refractivity contribution in [1.29, 1.82) is 0 Å². The highest BCUT2D eigenvalue weighted by Crippen LogP contribution is 2.26. The smallest absolute Gasteiger partial charge is 0.412 e. The Kier molecular flexibility index (Phi) is 6.12. The third-order valence-corrected chi connectivity index (χ3v) is 2.56. The van der Waals surface area contributed by atoms with Crippen LogP contribution in [0.2, 0.25) is 0 Å². The number of nitrogens with one attached hydrogen (secondary N) is 1. The van der Waals surface area contributed by atoms with E-state index in [2.05, 4.69) is 10.1 Å². The first kappa shape index (κ1) is 18.5. The molecule has 0 unspecified atom stereocenters. The quantitative estimate of drug-likeness (QED) is 0.509. The zero-order valence-electron chi connectivity index (χ0n) is 13.9. The number of anilines is 1. The Morgan fingerprint density at radius 2 is 1.83 bits per heavy atom. The third kappa shape index (κ3) is 5.61. The van der Waals surface area contributed by atoms with E-state index in [1.54, 1.807) is 27.7 Å². The number of ether oxygens (including phenoxy) is 3. The van der Waals surface area contributed by atoms with Gasteiger partial charge in [-0.2, -0.15) is 0 Å². The highest BCUT2D eigenvalue weighted by atomic mass is 16.6. The van der Waals surface area contributed by atoms with Gasteiger partial charge in [-0.05, 0) is 45.9 Å². The van der Waals surface area contributed by atoms with Crippen molar-refractivity contribution in [2.45, 2.75) is 33.3 Å². The molecule has 126 valence electrons. The number of carbonyl (C=O) groups is 3. The summed E-state index contributed by atoms with van der Waals surface area (Å²) in [6.07, 6.45) is -0.698. The average molecular weight is 323 g/mol. The number of hydrogen-bond donors (Lipinski definition) is 1. The van der Waals surface area contributed by atoms with E-state index in [-0.39, 0.29) is 17.9 Å². The summed E-state index contributed by atoms with van der Waals surface area (Å²) in [6.45, 7) is 6.89.